The average Bonchev–Trinajstić information content (AvgIpc) is 3.18. The summed E-state index contributed by atoms with van der Waals surface area (Å²) in [5.74, 6) is 0.276. The monoisotopic (exact) mass is 490 g/mol. The number of nitrogens with one attached hydrogen (secondary N) is 1. The maximum atomic E-state index is 12.9. The molecule has 2 aromatic carbocycles. The van der Waals surface area contributed by atoms with Gasteiger partial charge in [0.1, 0.15) is 0 Å². The van der Waals surface area contributed by atoms with Crippen molar-refractivity contribution in [3.05, 3.63) is 114 Å². The third-order valence-corrected chi connectivity index (χ3v) is 7.33. The van der Waals surface area contributed by atoms with Gasteiger partial charge in [0.05, 0.1) is 11.1 Å². The molecule has 2 aliphatic rings. The van der Waals surface area contributed by atoms with E-state index in [4.69, 9.17) is 5.11 Å². The van der Waals surface area contributed by atoms with E-state index in [0.717, 1.165) is 53.4 Å². The third-order valence-electron chi connectivity index (χ3n) is 7.33. The summed E-state index contributed by atoms with van der Waals surface area (Å²) in [4.78, 5) is 28.3. The number of hydrogen-bond donors (Lipinski definition) is 2. The zero-order chi connectivity index (χ0) is 25.6. The molecule has 5 rings (SSSR count). The largest absolute Gasteiger partial charge is 0.478 e. The molecule has 1 saturated carbocycles. The Bertz CT molecular complexity index is 1410. The Labute approximate surface area is 216 Å². The molecule has 2 aliphatic carbocycles. The van der Waals surface area contributed by atoms with E-state index in [0.29, 0.717) is 23.3 Å². The number of carboxylic acid groups (broad SMARTS) is 1. The van der Waals surface area contributed by atoms with E-state index < -0.39 is 5.97 Å². The quantitative estimate of drug-likeness (QED) is 0.363. The summed E-state index contributed by atoms with van der Waals surface area (Å²) < 4.78 is 0. The van der Waals surface area contributed by atoms with E-state index in [1.54, 1.807) is 12.3 Å². The van der Waals surface area contributed by atoms with E-state index in [9.17, 15) is 9.59 Å². The summed E-state index contributed by atoms with van der Waals surface area (Å²) >= 11 is 0. The topological polar surface area (TPSA) is 79.3 Å². The van der Waals surface area contributed by atoms with Gasteiger partial charge in [0, 0.05) is 23.3 Å². The molecular formula is C32H30N2O3. The predicted molar refractivity (Wildman–Crippen MR) is 148 cm³/mol. The van der Waals surface area contributed by atoms with Crippen LogP contribution in [0.3, 0.4) is 0 Å². The zero-order valence-corrected chi connectivity index (χ0v) is 20.6. The highest BCUT2D eigenvalue weighted by atomic mass is 16.4. The molecule has 186 valence electrons. The van der Waals surface area contributed by atoms with Gasteiger partial charge < -0.3 is 10.4 Å². The van der Waals surface area contributed by atoms with Crippen LogP contribution in [0.15, 0.2) is 103 Å². The highest BCUT2D eigenvalue weighted by Crippen LogP contribution is 2.36. The van der Waals surface area contributed by atoms with Crippen molar-refractivity contribution in [1.82, 2.24) is 4.98 Å². The molecule has 1 atom stereocenters. The number of carbonyl (C=O) groups excluding carboxylic acids is 1. The number of anilines is 1. The Morgan fingerprint density at radius 3 is 2.57 bits per heavy atom. The summed E-state index contributed by atoms with van der Waals surface area (Å²) in [6.07, 6.45) is 20.1. The van der Waals surface area contributed by atoms with Gasteiger partial charge in [-0.15, -0.1) is 0 Å². The van der Waals surface area contributed by atoms with Crippen LogP contribution in [0, 0.1) is 17.8 Å². The maximum absolute atomic E-state index is 12.9. The number of carboxylic acids is 1. The number of hydrogen-bond acceptors (Lipinski definition) is 3. The van der Waals surface area contributed by atoms with Crippen LogP contribution >= 0.6 is 0 Å². The van der Waals surface area contributed by atoms with E-state index >= 15 is 0 Å². The van der Waals surface area contributed by atoms with Crippen molar-refractivity contribution in [1.29, 1.82) is 0 Å². The fourth-order valence-corrected chi connectivity index (χ4v) is 5.32. The molecule has 1 heterocycles. The predicted octanol–water partition coefficient (Wildman–Crippen LogP) is 7.06. The van der Waals surface area contributed by atoms with Gasteiger partial charge in [-0.25, -0.2) is 4.79 Å². The molecular weight excluding hydrogens is 460 g/mol. The third kappa shape index (κ3) is 5.95. The van der Waals surface area contributed by atoms with Crippen LogP contribution in [0.25, 0.3) is 16.5 Å². The van der Waals surface area contributed by atoms with Crippen molar-refractivity contribution in [3.63, 3.8) is 0 Å². The number of carbonyl (C=O) groups is 2. The molecule has 0 saturated heterocycles. The standard InChI is InChI=1S/C32H30N2O3/c35-31(36)18-11-22-9-12-25(13-10-22)23-5-4-6-24(15-14-23)26-16-17-28-29(19-20-33-30(28)21-26)32(37)34-27-7-2-1-3-8-27/h1-8,11,14-23,25H,9-10,12-13H2,(H,34,37)(H,35,36). The second-order valence-corrected chi connectivity index (χ2v) is 9.73. The number of aliphatic carboxylic acids is 1. The minimum absolute atomic E-state index is 0.154. The molecule has 2 N–H and O–H groups in total. The van der Waals surface area contributed by atoms with Crippen molar-refractivity contribution >= 4 is 34.0 Å². The molecule has 5 nitrogen and oxygen atoms in total. The van der Waals surface area contributed by atoms with Crippen LogP contribution in [-0.4, -0.2) is 22.0 Å². The molecule has 0 aliphatic heterocycles. The minimum Gasteiger partial charge on any atom is -0.478 e. The Kier molecular flexibility index (Phi) is 7.41. The molecule has 1 aromatic heterocycles. The van der Waals surface area contributed by atoms with Gasteiger partial charge in [-0.2, -0.15) is 0 Å². The van der Waals surface area contributed by atoms with Gasteiger partial charge in [-0.3, -0.25) is 9.78 Å². The number of benzene rings is 2. The maximum Gasteiger partial charge on any atom is 0.327 e. The molecule has 5 heteroatoms. The highest BCUT2D eigenvalue weighted by molar-refractivity contribution is 6.12. The van der Waals surface area contributed by atoms with Crippen LogP contribution < -0.4 is 5.32 Å². The number of fused-ring (bicyclic) bond motifs is 1. The lowest BCUT2D eigenvalue weighted by Crippen LogP contribution is -2.19. The molecule has 1 fully saturated rings. The van der Waals surface area contributed by atoms with Crippen LogP contribution in [0.5, 0.6) is 0 Å². The molecule has 3 aromatic rings. The lowest BCUT2D eigenvalue weighted by Gasteiger charge is -2.30. The van der Waals surface area contributed by atoms with E-state index in [1.807, 2.05) is 54.6 Å². The molecule has 0 bridgehead atoms. The number of amides is 1. The zero-order valence-electron chi connectivity index (χ0n) is 20.6. The van der Waals surface area contributed by atoms with Gasteiger partial charge in [0.25, 0.3) is 5.91 Å². The Morgan fingerprint density at radius 1 is 0.973 bits per heavy atom. The minimum atomic E-state index is -0.870. The van der Waals surface area contributed by atoms with Gasteiger partial charge in [-0.1, -0.05) is 66.8 Å². The van der Waals surface area contributed by atoms with E-state index in [1.165, 1.54) is 6.08 Å². The fourth-order valence-electron chi connectivity index (χ4n) is 5.32. The van der Waals surface area contributed by atoms with Crippen LogP contribution in [0.2, 0.25) is 0 Å². The SMILES string of the molecule is O=C(O)C=CC1CCC(C2C=CC=C(c3ccc4c(C(=O)Nc5ccccc5)ccnc4c3)C=C2)CC1. The first-order valence-electron chi connectivity index (χ1n) is 12.8. The summed E-state index contributed by atoms with van der Waals surface area (Å²) in [7, 11) is 0. The normalized spacial score (nSPS) is 21.5. The first kappa shape index (κ1) is 24.4. The van der Waals surface area contributed by atoms with Crippen LogP contribution in [-0.2, 0) is 4.79 Å². The highest BCUT2D eigenvalue weighted by Gasteiger charge is 2.24. The van der Waals surface area contributed by atoms with Gasteiger partial charge in [-0.05, 0) is 78.8 Å². The van der Waals surface area contributed by atoms with Crippen molar-refractivity contribution in [2.75, 3.05) is 5.32 Å². The second-order valence-electron chi connectivity index (χ2n) is 9.73. The Balaban J connectivity index is 1.29. The first-order valence-corrected chi connectivity index (χ1v) is 12.8. The van der Waals surface area contributed by atoms with Crippen molar-refractivity contribution < 1.29 is 14.7 Å². The van der Waals surface area contributed by atoms with Crippen molar-refractivity contribution in [2.24, 2.45) is 17.8 Å². The summed E-state index contributed by atoms with van der Waals surface area (Å²) in [5, 5.41) is 12.6. The van der Waals surface area contributed by atoms with E-state index in [2.05, 4.69) is 40.7 Å². The van der Waals surface area contributed by atoms with Gasteiger partial charge >= 0.3 is 5.97 Å². The van der Waals surface area contributed by atoms with Gasteiger partial charge in [0.15, 0.2) is 0 Å². The van der Waals surface area contributed by atoms with E-state index in [-0.39, 0.29) is 5.91 Å². The van der Waals surface area contributed by atoms with Crippen LogP contribution in [0.4, 0.5) is 5.69 Å². The number of rotatable bonds is 6. The molecule has 37 heavy (non-hydrogen) atoms. The van der Waals surface area contributed by atoms with Crippen molar-refractivity contribution in [3.8, 4) is 0 Å². The Morgan fingerprint density at radius 2 is 1.78 bits per heavy atom. The number of aromatic nitrogens is 1. The number of pyridine rings is 1. The fraction of sp³-hybridized carbons (Fsp3) is 0.219. The van der Waals surface area contributed by atoms with Crippen LogP contribution in [0.1, 0.15) is 41.6 Å². The molecule has 1 amide bonds. The number of nitrogens with zero attached hydrogens (tertiary/aromatic N) is 1. The Hall–Kier alpha value is -4.25. The molecule has 0 radical (unpaired) electrons. The lowest BCUT2D eigenvalue weighted by atomic mass is 9.75. The summed E-state index contributed by atoms with van der Waals surface area (Å²) in [6.45, 7) is 0. The molecule has 0 spiro atoms. The molecule has 1 unspecified atom stereocenters. The average molecular weight is 491 g/mol. The summed E-state index contributed by atoms with van der Waals surface area (Å²) in [5.41, 5.74) is 4.31. The number of para-hydroxylation sites is 1. The number of allylic oxidation sites excluding steroid dienone is 7. The lowest BCUT2D eigenvalue weighted by molar-refractivity contribution is -0.131. The first-order chi connectivity index (χ1) is 18.1. The second kappa shape index (κ2) is 11.2. The van der Waals surface area contributed by atoms with Gasteiger partial charge in [0.2, 0.25) is 0 Å². The summed E-state index contributed by atoms with van der Waals surface area (Å²) in [6, 6.07) is 17.3. The van der Waals surface area contributed by atoms with Crippen molar-refractivity contribution in [2.45, 2.75) is 25.7 Å². The smallest absolute Gasteiger partial charge is 0.327 e.